The molecule has 1 fully saturated rings. The number of benzene rings is 2. The Bertz CT molecular complexity index is 772. The maximum Gasteiger partial charge on any atom is 0.174 e. The molecule has 2 aromatic carbocycles. The quantitative estimate of drug-likeness (QED) is 0.787. The molecule has 1 saturated heterocycles. The number of anilines is 1. The number of aryl methyl sites for hydroxylation is 3. The Hall–Kier alpha value is -1.91. The van der Waals surface area contributed by atoms with E-state index in [0.717, 1.165) is 49.9 Å². The molecule has 1 aliphatic rings. The number of nitrogens with zero attached hydrogens (tertiary/aromatic N) is 2. The first-order valence-corrected chi connectivity index (χ1v) is 9.89. The van der Waals surface area contributed by atoms with Gasteiger partial charge in [0.15, 0.2) is 5.11 Å². The average molecular weight is 368 g/mol. The molecule has 1 heterocycles. The first kappa shape index (κ1) is 18.9. The standard InChI is InChI=1S/C22H29N3S/c1-4-19-7-5-8-21(14-19)23-22(26)25-12-6-11-24(16-25)15-20-13-17(2)9-10-18(20)3/h5,7-10,13-14H,4,6,11-12,15-16H2,1-3H3,(H,23,26). The third-order valence-corrected chi connectivity index (χ3v) is 5.41. The Morgan fingerprint density at radius 2 is 1.96 bits per heavy atom. The van der Waals surface area contributed by atoms with Gasteiger partial charge in [0.1, 0.15) is 0 Å². The second-order valence-corrected chi connectivity index (χ2v) is 7.61. The highest BCUT2D eigenvalue weighted by molar-refractivity contribution is 7.80. The van der Waals surface area contributed by atoms with E-state index in [4.69, 9.17) is 12.2 Å². The van der Waals surface area contributed by atoms with Gasteiger partial charge in [-0.2, -0.15) is 0 Å². The molecule has 3 rings (SSSR count). The van der Waals surface area contributed by atoms with Crippen LogP contribution in [-0.2, 0) is 13.0 Å². The van der Waals surface area contributed by atoms with Gasteiger partial charge in [0.05, 0.1) is 6.67 Å². The minimum absolute atomic E-state index is 0.823. The van der Waals surface area contributed by atoms with Crippen molar-refractivity contribution in [3.8, 4) is 0 Å². The van der Waals surface area contributed by atoms with E-state index in [-0.39, 0.29) is 0 Å². The molecule has 1 aliphatic heterocycles. The van der Waals surface area contributed by atoms with E-state index >= 15 is 0 Å². The minimum Gasteiger partial charge on any atom is -0.336 e. The SMILES string of the molecule is CCc1cccc(NC(=S)N2CCCN(Cc3cc(C)ccc3C)C2)c1. The lowest BCUT2D eigenvalue weighted by molar-refractivity contribution is 0.133. The van der Waals surface area contributed by atoms with Crippen LogP contribution in [0.15, 0.2) is 42.5 Å². The fourth-order valence-electron chi connectivity index (χ4n) is 3.45. The van der Waals surface area contributed by atoms with E-state index in [2.05, 4.69) is 78.4 Å². The van der Waals surface area contributed by atoms with E-state index < -0.39 is 0 Å². The van der Waals surface area contributed by atoms with Crippen LogP contribution in [0.3, 0.4) is 0 Å². The summed E-state index contributed by atoms with van der Waals surface area (Å²) in [5.74, 6) is 0. The number of rotatable bonds is 4. The van der Waals surface area contributed by atoms with Crippen molar-refractivity contribution in [2.75, 3.05) is 25.1 Å². The first-order chi connectivity index (χ1) is 12.5. The number of hydrogen-bond donors (Lipinski definition) is 1. The Kier molecular flexibility index (Phi) is 6.28. The predicted octanol–water partition coefficient (Wildman–Crippen LogP) is 4.73. The summed E-state index contributed by atoms with van der Waals surface area (Å²) < 4.78 is 0. The van der Waals surface area contributed by atoms with E-state index in [1.807, 2.05) is 0 Å². The summed E-state index contributed by atoms with van der Waals surface area (Å²) in [6.45, 7) is 10.5. The van der Waals surface area contributed by atoms with Crippen LogP contribution in [0.5, 0.6) is 0 Å². The highest BCUT2D eigenvalue weighted by Crippen LogP contribution is 2.17. The lowest BCUT2D eigenvalue weighted by Gasteiger charge is -2.37. The first-order valence-electron chi connectivity index (χ1n) is 9.48. The van der Waals surface area contributed by atoms with Crippen molar-refractivity contribution in [2.45, 2.75) is 40.2 Å². The molecule has 0 unspecified atom stereocenters. The molecule has 3 nitrogen and oxygen atoms in total. The number of nitrogens with one attached hydrogen (secondary N) is 1. The van der Waals surface area contributed by atoms with Crippen LogP contribution < -0.4 is 5.32 Å². The molecular weight excluding hydrogens is 338 g/mol. The van der Waals surface area contributed by atoms with Gasteiger partial charge in [-0.05, 0) is 67.7 Å². The fourth-order valence-corrected chi connectivity index (χ4v) is 3.71. The van der Waals surface area contributed by atoms with Gasteiger partial charge >= 0.3 is 0 Å². The molecule has 2 aromatic rings. The van der Waals surface area contributed by atoms with E-state index in [1.165, 1.54) is 22.3 Å². The predicted molar refractivity (Wildman–Crippen MR) is 115 cm³/mol. The highest BCUT2D eigenvalue weighted by Gasteiger charge is 2.20. The maximum atomic E-state index is 5.69. The number of thiocarbonyl (C=S) groups is 1. The van der Waals surface area contributed by atoms with Gasteiger partial charge in [-0.3, -0.25) is 4.90 Å². The summed E-state index contributed by atoms with van der Waals surface area (Å²) in [5.41, 5.74) is 6.52. The Morgan fingerprint density at radius 3 is 2.77 bits per heavy atom. The molecule has 0 spiro atoms. The van der Waals surface area contributed by atoms with Gasteiger partial charge in [-0.15, -0.1) is 0 Å². The molecule has 0 radical (unpaired) electrons. The minimum atomic E-state index is 0.823. The lowest BCUT2D eigenvalue weighted by atomic mass is 10.0. The van der Waals surface area contributed by atoms with Crippen molar-refractivity contribution in [1.29, 1.82) is 0 Å². The van der Waals surface area contributed by atoms with Gasteiger partial charge in [0, 0.05) is 25.3 Å². The van der Waals surface area contributed by atoms with Crippen molar-refractivity contribution >= 4 is 23.0 Å². The van der Waals surface area contributed by atoms with Gasteiger partial charge in [0.25, 0.3) is 0 Å². The summed E-state index contributed by atoms with van der Waals surface area (Å²) in [5, 5.41) is 4.25. The smallest absolute Gasteiger partial charge is 0.174 e. The van der Waals surface area contributed by atoms with Crippen LogP contribution in [0.2, 0.25) is 0 Å². The highest BCUT2D eigenvalue weighted by atomic mass is 32.1. The topological polar surface area (TPSA) is 18.5 Å². The molecule has 0 aliphatic carbocycles. The van der Waals surface area contributed by atoms with Crippen molar-refractivity contribution in [3.05, 3.63) is 64.7 Å². The molecular formula is C22H29N3S. The van der Waals surface area contributed by atoms with Crippen LogP contribution in [0, 0.1) is 13.8 Å². The third-order valence-electron chi connectivity index (χ3n) is 5.05. The van der Waals surface area contributed by atoms with Gasteiger partial charge < -0.3 is 10.2 Å². The molecule has 0 bridgehead atoms. The second-order valence-electron chi connectivity index (χ2n) is 7.22. The summed E-state index contributed by atoms with van der Waals surface area (Å²) >= 11 is 5.69. The van der Waals surface area contributed by atoms with Crippen LogP contribution >= 0.6 is 12.2 Å². The largest absolute Gasteiger partial charge is 0.336 e. The molecule has 0 aromatic heterocycles. The lowest BCUT2D eigenvalue weighted by Crippen LogP contribution is -2.48. The van der Waals surface area contributed by atoms with Crippen molar-refractivity contribution in [2.24, 2.45) is 0 Å². The maximum absolute atomic E-state index is 5.69. The van der Waals surface area contributed by atoms with E-state index in [1.54, 1.807) is 0 Å². The number of hydrogen-bond acceptors (Lipinski definition) is 2. The summed E-state index contributed by atoms with van der Waals surface area (Å²) in [7, 11) is 0. The normalized spacial score (nSPS) is 15.1. The molecule has 4 heteroatoms. The van der Waals surface area contributed by atoms with Crippen LogP contribution in [0.1, 0.15) is 35.6 Å². The van der Waals surface area contributed by atoms with Crippen molar-refractivity contribution < 1.29 is 0 Å². The van der Waals surface area contributed by atoms with Gasteiger partial charge in [0.2, 0.25) is 0 Å². The second kappa shape index (κ2) is 8.65. The summed E-state index contributed by atoms with van der Waals surface area (Å²) in [6, 6.07) is 15.2. The average Bonchev–Trinajstić information content (AvgIpc) is 2.65. The van der Waals surface area contributed by atoms with Crippen LogP contribution in [0.25, 0.3) is 0 Å². The fraction of sp³-hybridized carbons (Fsp3) is 0.409. The van der Waals surface area contributed by atoms with E-state index in [9.17, 15) is 0 Å². The van der Waals surface area contributed by atoms with Gasteiger partial charge in [-0.25, -0.2) is 0 Å². The third kappa shape index (κ3) is 4.83. The summed E-state index contributed by atoms with van der Waals surface area (Å²) in [6.07, 6.45) is 2.18. The Balaban J connectivity index is 1.62. The zero-order valence-corrected chi connectivity index (χ0v) is 16.9. The van der Waals surface area contributed by atoms with Crippen LogP contribution in [-0.4, -0.2) is 34.7 Å². The summed E-state index contributed by atoms with van der Waals surface area (Å²) in [4.78, 5) is 4.77. The monoisotopic (exact) mass is 367 g/mol. The zero-order chi connectivity index (χ0) is 18.5. The molecule has 1 N–H and O–H groups in total. The molecule has 0 amide bonds. The molecule has 26 heavy (non-hydrogen) atoms. The van der Waals surface area contributed by atoms with Crippen molar-refractivity contribution in [3.63, 3.8) is 0 Å². The van der Waals surface area contributed by atoms with E-state index in [0.29, 0.717) is 0 Å². The Labute approximate surface area is 163 Å². The van der Waals surface area contributed by atoms with Crippen LogP contribution in [0.4, 0.5) is 5.69 Å². The molecule has 138 valence electrons. The Morgan fingerprint density at radius 1 is 1.12 bits per heavy atom. The molecule has 0 saturated carbocycles. The van der Waals surface area contributed by atoms with Crippen molar-refractivity contribution in [1.82, 2.24) is 9.80 Å². The molecule has 0 atom stereocenters. The van der Waals surface area contributed by atoms with Gasteiger partial charge in [-0.1, -0.05) is 42.8 Å². The zero-order valence-electron chi connectivity index (χ0n) is 16.1.